The minimum Gasteiger partial charge on any atom is -0.497 e. The summed E-state index contributed by atoms with van der Waals surface area (Å²) in [6.07, 6.45) is 0. The number of ether oxygens (including phenoxy) is 1. The topological polar surface area (TPSA) is 26.2 Å². The quantitative estimate of drug-likeness (QED) is 0.834. The first-order valence-corrected chi connectivity index (χ1v) is 5.88. The normalized spacial score (nSPS) is 10.4. The van der Waals surface area contributed by atoms with E-state index in [9.17, 15) is 0 Å². The van der Waals surface area contributed by atoms with Crippen LogP contribution in [0.15, 0.2) is 36.6 Å². The molecule has 0 atom stereocenters. The van der Waals surface area contributed by atoms with Gasteiger partial charge in [-0.2, -0.15) is 0 Å². The highest BCUT2D eigenvalue weighted by Gasteiger charge is 2.09. The standard InChI is InChI=1S/C15H18N2O/c1-5-11(10-16-2)15-9-12-8-13(18-4)6-7-14(12)17(15)3/h6-9,16H,1,10H2,2-4H3. The van der Waals surface area contributed by atoms with E-state index in [1.54, 1.807) is 7.11 Å². The zero-order valence-corrected chi connectivity index (χ0v) is 11.1. The van der Waals surface area contributed by atoms with Gasteiger partial charge >= 0.3 is 0 Å². The molecule has 1 aromatic carbocycles. The molecule has 3 nitrogen and oxygen atoms in total. The zero-order chi connectivity index (χ0) is 13.1. The molecule has 0 bridgehead atoms. The van der Waals surface area contributed by atoms with Gasteiger partial charge in [0.25, 0.3) is 0 Å². The third kappa shape index (κ3) is 2.06. The third-order valence-corrected chi connectivity index (χ3v) is 3.13. The SMILES string of the molecule is C=C=C(CNC)c1cc2cc(OC)ccc2n1C. The lowest BCUT2D eigenvalue weighted by Crippen LogP contribution is -2.11. The summed E-state index contributed by atoms with van der Waals surface area (Å²) < 4.78 is 7.40. The average Bonchev–Trinajstić information content (AvgIpc) is 2.72. The Morgan fingerprint density at radius 2 is 2.22 bits per heavy atom. The van der Waals surface area contributed by atoms with Crippen LogP contribution in [0.1, 0.15) is 5.69 Å². The summed E-state index contributed by atoms with van der Waals surface area (Å²) in [4.78, 5) is 0. The maximum atomic E-state index is 5.25. The van der Waals surface area contributed by atoms with E-state index < -0.39 is 0 Å². The molecule has 94 valence electrons. The van der Waals surface area contributed by atoms with Crippen molar-refractivity contribution in [1.29, 1.82) is 0 Å². The van der Waals surface area contributed by atoms with E-state index >= 15 is 0 Å². The second-order valence-corrected chi connectivity index (χ2v) is 4.20. The largest absolute Gasteiger partial charge is 0.497 e. The van der Waals surface area contributed by atoms with Crippen LogP contribution in [0.25, 0.3) is 16.5 Å². The number of hydrogen-bond donors (Lipinski definition) is 1. The van der Waals surface area contributed by atoms with Gasteiger partial charge in [-0.05, 0) is 31.3 Å². The van der Waals surface area contributed by atoms with E-state index in [-0.39, 0.29) is 0 Å². The van der Waals surface area contributed by atoms with Crippen LogP contribution >= 0.6 is 0 Å². The smallest absolute Gasteiger partial charge is 0.119 e. The molecule has 0 aliphatic heterocycles. The molecule has 2 rings (SSSR count). The third-order valence-electron chi connectivity index (χ3n) is 3.13. The van der Waals surface area contributed by atoms with E-state index in [4.69, 9.17) is 4.74 Å². The summed E-state index contributed by atoms with van der Waals surface area (Å²) in [5.41, 5.74) is 6.37. The van der Waals surface area contributed by atoms with Crippen LogP contribution in [0.5, 0.6) is 5.75 Å². The Balaban J connectivity index is 2.59. The minimum absolute atomic E-state index is 0.755. The number of hydrogen-bond acceptors (Lipinski definition) is 2. The predicted molar refractivity (Wildman–Crippen MR) is 75.9 cm³/mol. The molecule has 0 aliphatic carbocycles. The zero-order valence-electron chi connectivity index (χ0n) is 11.1. The van der Waals surface area contributed by atoms with Crippen LogP contribution in [0, 0.1) is 0 Å². The molecule has 0 saturated heterocycles. The highest BCUT2D eigenvalue weighted by molar-refractivity contribution is 5.87. The van der Waals surface area contributed by atoms with Crippen LogP contribution in [-0.2, 0) is 7.05 Å². The van der Waals surface area contributed by atoms with Gasteiger partial charge in [-0.3, -0.25) is 0 Å². The fraction of sp³-hybridized carbons (Fsp3) is 0.267. The molecule has 0 fully saturated rings. The Hall–Kier alpha value is -1.96. The lowest BCUT2D eigenvalue weighted by molar-refractivity contribution is 0.415. The van der Waals surface area contributed by atoms with Gasteiger partial charge in [-0.1, -0.05) is 6.58 Å². The van der Waals surface area contributed by atoms with Crippen LogP contribution in [0.4, 0.5) is 0 Å². The summed E-state index contributed by atoms with van der Waals surface area (Å²) in [5, 5.41) is 4.30. The average molecular weight is 242 g/mol. The maximum Gasteiger partial charge on any atom is 0.119 e. The monoisotopic (exact) mass is 242 g/mol. The van der Waals surface area contributed by atoms with Crippen molar-refractivity contribution in [3.63, 3.8) is 0 Å². The van der Waals surface area contributed by atoms with Crippen molar-refractivity contribution in [2.75, 3.05) is 20.7 Å². The van der Waals surface area contributed by atoms with E-state index in [2.05, 4.69) is 41.4 Å². The van der Waals surface area contributed by atoms with Gasteiger partial charge in [0.1, 0.15) is 5.75 Å². The molecule has 0 spiro atoms. The lowest BCUT2D eigenvalue weighted by Gasteiger charge is -2.06. The first-order valence-electron chi connectivity index (χ1n) is 5.88. The van der Waals surface area contributed by atoms with Gasteiger partial charge in [-0.15, -0.1) is 5.73 Å². The highest BCUT2D eigenvalue weighted by Crippen LogP contribution is 2.26. The van der Waals surface area contributed by atoms with Gasteiger partial charge in [0.15, 0.2) is 0 Å². The van der Waals surface area contributed by atoms with Gasteiger partial charge in [0, 0.05) is 30.1 Å². The van der Waals surface area contributed by atoms with Crippen molar-refractivity contribution in [1.82, 2.24) is 9.88 Å². The number of nitrogens with one attached hydrogen (secondary N) is 1. The maximum absolute atomic E-state index is 5.25. The molecule has 1 N–H and O–H groups in total. The Bertz CT molecular complexity index is 619. The number of nitrogens with zero attached hydrogens (tertiary/aromatic N) is 1. The van der Waals surface area contributed by atoms with Crippen LogP contribution < -0.4 is 10.1 Å². The lowest BCUT2D eigenvalue weighted by atomic mass is 10.2. The second kappa shape index (κ2) is 5.13. The first-order chi connectivity index (χ1) is 8.71. The van der Waals surface area contributed by atoms with Gasteiger partial charge in [0.05, 0.1) is 12.8 Å². The van der Waals surface area contributed by atoms with Crippen LogP contribution in [0.3, 0.4) is 0 Å². The van der Waals surface area contributed by atoms with Crippen molar-refractivity contribution < 1.29 is 4.74 Å². The van der Waals surface area contributed by atoms with E-state index in [1.165, 1.54) is 5.52 Å². The molecular formula is C15H18N2O. The minimum atomic E-state index is 0.755. The fourth-order valence-corrected chi connectivity index (χ4v) is 2.16. The van der Waals surface area contributed by atoms with Crippen molar-refractivity contribution in [3.05, 3.63) is 42.3 Å². The van der Waals surface area contributed by atoms with E-state index in [1.807, 2.05) is 19.2 Å². The summed E-state index contributed by atoms with van der Waals surface area (Å²) in [7, 11) is 5.65. The molecule has 0 aliphatic rings. The first kappa shape index (κ1) is 12.5. The number of aryl methyl sites for hydroxylation is 1. The summed E-state index contributed by atoms with van der Waals surface area (Å²) in [5.74, 6) is 0.873. The molecule has 0 radical (unpaired) electrons. The Morgan fingerprint density at radius 3 is 2.83 bits per heavy atom. The number of benzene rings is 1. The molecule has 3 heteroatoms. The van der Waals surface area contributed by atoms with Gasteiger partial charge < -0.3 is 14.6 Å². The summed E-state index contributed by atoms with van der Waals surface area (Å²) in [6, 6.07) is 8.22. The number of likely N-dealkylation sites (N-methyl/N-ethyl adjacent to an activating group) is 1. The van der Waals surface area contributed by atoms with E-state index in [0.717, 1.165) is 28.9 Å². The molecule has 0 amide bonds. The van der Waals surface area contributed by atoms with Crippen molar-refractivity contribution in [2.45, 2.75) is 0 Å². The summed E-state index contributed by atoms with van der Waals surface area (Å²) >= 11 is 0. The number of rotatable bonds is 4. The van der Waals surface area contributed by atoms with Crippen LogP contribution in [-0.4, -0.2) is 25.3 Å². The number of aromatic nitrogens is 1. The van der Waals surface area contributed by atoms with Crippen molar-refractivity contribution >= 4 is 16.5 Å². The van der Waals surface area contributed by atoms with Gasteiger partial charge in [0.2, 0.25) is 0 Å². The number of fused-ring (bicyclic) bond motifs is 1. The summed E-state index contributed by atoms with van der Waals surface area (Å²) in [6.45, 7) is 4.52. The molecule has 0 unspecified atom stereocenters. The molecule has 18 heavy (non-hydrogen) atoms. The molecule has 1 aromatic heterocycles. The molecule has 2 aromatic rings. The Morgan fingerprint density at radius 1 is 1.44 bits per heavy atom. The second-order valence-electron chi connectivity index (χ2n) is 4.20. The number of methoxy groups -OCH3 is 1. The Kier molecular flexibility index (Phi) is 3.56. The van der Waals surface area contributed by atoms with Crippen molar-refractivity contribution in [2.24, 2.45) is 7.05 Å². The van der Waals surface area contributed by atoms with Gasteiger partial charge in [-0.25, -0.2) is 0 Å². The molecule has 1 heterocycles. The molecule has 0 saturated carbocycles. The fourth-order valence-electron chi connectivity index (χ4n) is 2.16. The predicted octanol–water partition coefficient (Wildman–Crippen LogP) is 2.57. The van der Waals surface area contributed by atoms with Crippen LogP contribution in [0.2, 0.25) is 0 Å². The van der Waals surface area contributed by atoms with Crippen molar-refractivity contribution in [3.8, 4) is 5.75 Å². The van der Waals surface area contributed by atoms with E-state index in [0.29, 0.717) is 0 Å². The Labute approximate surface area is 107 Å². The molecular weight excluding hydrogens is 224 g/mol. The highest BCUT2D eigenvalue weighted by atomic mass is 16.5.